The Bertz CT molecular complexity index is 749. The zero-order valence-electron chi connectivity index (χ0n) is 13.6. The molecule has 0 N–H and O–H groups in total. The van der Waals surface area contributed by atoms with E-state index in [-0.39, 0.29) is 17.9 Å². The van der Waals surface area contributed by atoms with Crippen LogP contribution in [0.15, 0.2) is 48.7 Å². The first-order valence-corrected chi connectivity index (χ1v) is 8.07. The Morgan fingerprint density at radius 2 is 2.12 bits per heavy atom. The summed E-state index contributed by atoms with van der Waals surface area (Å²) in [6.45, 7) is 3.14. The molecule has 5 heteroatoms. The van der Waals surface area contributed by atoms with Gasteiger partial charge in [0.15, 0.2) is 0 Å². The minimum Gasteiger partial charge on any atom is -0.471 e. The molecule has 122 valence electrons. The molecule has 2 aromatic rings. The summed E-state index contributed by atoms with van der Waals surface area (Å²) in [5, 5.41) is 8.89. The summed E-state index contributed by atoms with van der Waals surface area (Å²) in [4.78, 5) is 18.6. The molecule has 1 fully saturated rings. The van der Waals surface area contributed by atoms with Crippen LogP contribution < -0.4 is 4.74 Å². The highest BCUT2D eigenvalue weighted by Crippen LogP contribution is 2.26. The van der Waals surface area contributed by atoms with Gasteiger partial charge in [-0.2, -0.15) is 5.26 Å². The molecule has 1 aromatic carbocycles. The Morgan fingerprint density at radius 1 is 1.38 bits per heavy atom. The van der Waals surface area contributed by atoms with Gasteiger partial charge in [-0.15, -0.1) is 0 Å². The summed E-state index contributed by atoms with van der Waals surface area (Å²) < 4.78 is 5.74. The molecule has 24 heavy (non-hydrogen) atoms. The fourth-order valence-corrected chi connectivity index (χ4v) is 2.87. The molecule has 1 amide bonds. The van der Waals surface area contributed by atoms with Crippen molar-refractivity contribution in [3.63, 3.8) is 0 Å². The molecule has 1 saturated heterocycles. The summed E-state index contributed by atoms with van der Waals surface area (Å²) in [5.74, 6) is 0.468. The van der Waals surface area contributed by atoms with Crippen molar-refractivity contribution in [1.82, 2.24) is 9.88 Å². The number of likely N-dealkylation sites (tertiary alicyclic amines) is 1. The molecule has 0 spiro atoms. The summed E-state index contributed by atoms with van der Waals surface area (Å²) in [6.07, 6.45) is 2.26. The lowest BCUT2D eigenvalue weighted by Gasteiger charge is -2.40. The standard InChI is InChI=1S/C19H19N3O2/c1-2-17(15-6-4-3-5-7-15)19(23)22-12-16(13-22)24-18-10-14(11-20)8-9-21-18/h3-10,16-17H,2,12-13H2,1H3. The zero-order valence-corrected chi connectivity index (χ0v) is 13.6. The quantitative estimate of drug-likeness (QED) is 0.849. The Labute approximate surface area is 141 Å². The number of rotatable bonds is 5. The molecule has 0 saturated carbocycles. The van der Waals surface area contributed by atoms with Crippen LogP contribution in [0.5, 0.6) is 5.88 Å². The first kappa shape index (κ1) is 16.0. The van der Waals surface area contributed by atoms with Crippen molar-refractivity contribution in [3.05, 3.63) is 59.8 Å². The van der Waals surface area contributed by atoms with E-state index in [9.17, 15) is 4.79 Å². The largest absolute Gasteiger partial charge is 0.471 e. The molecule has 0 radical (unpaired) electrons. The van der Waals surface area contributed by atoms with Crippen LogP contribution in [0.2, 0.25) is 0 Å². The van der Waals surface area contributed by atoms with Gasteiger partial charge in [-0.3, -0.25) is 4.79 Å². The van der Waals surface area contributed by atoms with Crippen molar-refractivity contribution in [1.29, 1.82) is 5.26 Å². The predicted octanol–water partition coefficient (Wildman–Crippen LogP) is 2.74. The van der Waals surface area contributed by atoms with Crippen LogP contribution in [0.25, 0.3) is 0 Å². The van der Waals surface area contributed by atoms with Gasteiger partial charge in [0, 0.05) is 12.3 Å². The Morgan fingerprint density at radius 3 is 2.79 bits per heavy atom. The maximum atomic E-state index is 12.7. The minimum absolute atomic E-state index is 0.0660. The molecule has 1 aliphatic rings. The van der Waals surface area contributed by atoms with Gasteiger partial charge in [0.2, 0.25) is 11.8 Å². The average Bonchev–Trinajstić information content (AvgIpc) is 2.59. The fourth-order valence-electron chi connectivity index (χ4n) is 2.87. The lowest BCUT2D eigenvalue weighted by molar-refractivity contribution is -0.141. The van der Waals surface area contributed by atoms with E-state index >= 15 is 0 Å². The monoisotopic (exact) mass is 321 g/mol. The second-order valence-corrected chi connectivity index (χ2v) is 5.85. The lowest BCUT2D eigenvalue weighted by Crippen LogP contribution is -2.57. The van der Waals surface area contributed by atoms with E-state index in [1.54, 1.807) is 18.3 Å². The maximum absolute atomic E-state index is 12.7. The zero-order chi connectivity index (χ0) is 16.9. The van der Waals surface area contributed by atoms with E-state index in [0.717, 1.165) is 12.0 Å². The molecule has 0 bridgehead atoms. The first-order valence-electron chi connectivity index (χ1n) is 8.07. The van der Waals surface area contributed by atoms with Crippen LogP contribution in [0, 0.1) is 11.3 Å². The third kappa shape index (κ3) is 3.38. The molecule has 0 aliphatic carbocycles. The highest BCUT2D eigenvalue weighted by atomic mass is 16.5. The Hall–Kier alpha value is -2.87. The van der Waals surface area contributed by atoms with Gasteiger partial charge in [-0.25, -0.2) is 4.98 Å². The maximum Gasteiger partial charge on any atom is 0.230 e. The van der Waals surface area contributed by atoms with Gasteiger partial charge in [0.1, 0.15) is 6.10 Å². The molecular formula is C19H19N3O2. The lowest BCUT2D eigenvalue weighted by atomic mass is 9.93. The van der Waals surface area contributed by atoms with Crippen molar-refractivity contribution in [2.45, 2.75) is 25.4 Å². The van der Waals surface area contributed by atoms with Gasteiger partial charge in [0.25, 0.3) is 0 Å². The number of carbonyl (C=O) groups is 1. The number of carbonyl (C=O) groups excluding carboxylic acids is 1. The average molecular weight is 321 g/mol. The van der Waals surface area contributed by atoms with Crippen molar-refractivity contribution in [3.8, 4) is 11.9 Å². The SMILES string of the molecule is CCC(C(=O)N1CC(Oc2cc(C#N)ccn2)C1)c1ccccc1. The van der Waals surface area contributed by atoms with E-state index < -0.39 is 0 Å². The highest BCUT2D eigenvalue weighted by molar-refractivity contribution is 5.84. The number of nitrogens with zero attached hydrogens (tertiary/aromatic N) is 3. The van der Waals surface area contributed by atoms with Crippen LogP contribution >= 0.6 is 0 Å². The summed E-state index contributed by atoms with van der Waals surface area (Å²) in [7, 11) is 0. The summed E-state index contributed by atoms with van der Waals surface area (Å²) in [5.41, 5.74) is 1.57. The van der Waals surface area contributed by atoms with Gasteiger partial charge in [-0.1, -0.05) is 37.3 Å². The number of pyridine rings is 1. The third-order valence-corrected chi connectivity index (χ3v) is 4.22. The topological polar surface area (TPSA) is 66.2 Å². The van der Waals surface area contributed by atoms with Crippen LogP contribution in [-0.4, -0.2) is 35.0 Å². The van der Waals surface area contributed by atoms with Crippen molar-refractivity contribution in [2.24, 2.45) is 0 Å². The van der Waals surface area contributed by atoms with Crippen LogP contribution in [0.3, 0.4) is 0 Å². The summed E-state index contributed by atoms with van der Waals surface area (Å²) >= 11 is 0. The van der Waals surface area contributed by atoms with Crippen molar-refractivity contribution >= 4 is 5.91 Å². The predicted molar refractivity (Wildman–Crippen MR) is 89.4 cm³/mol. The molecule has 1 aliphatic heterocycles. The number of benzene rings is 1. The first-order chi connectivity index (χ1) is 11.7. The summed E-state index contributed by atoms with van der Waals surface area (Å²) in [6, 6.07) is 15.2. The van der Waals surface area contributed by atoms with Gasteiger partial charge in [-0.05, 0) is 18.1 Å². The van der Waals surface area contributed by atoms with E-state index in [0.29, 0.717) is 24.5 Å². The molecule has 1 aromatic heterocycles. The third-order valence-electron chi connectivity index (χ3n) is 4.22. The number of amides is 1. The molecule has 1 unspecified atom stereocenters. The van der Waals surface area contributed by atoms with E-state index in [2.05, 4.69) is 11.1 Å². The van der Waals surface area contributed by atoms with Gasteiger partial charge in [0.05, 0.1) is 30.6 Å². The normalized spacial score (nSPS) is 15.2. The highest BCUT2D eigenvalue weighted by Gasteiger charge is 2.35. The number of nitriles is 1. The molecule has 3 rings (SSSR count). The number of aromatic nitrogens is 1. The van der Waals surface area contributed by atoms with Crippen LogP contribution in [0.1, 0.15) is 30.4 Å². The van der Waals surface area contributed by atoms with Gasteiger partial charge >= 0.3 is 0 Å². The van der Waals surface area contributed by atoms with E-state index in [1.807, 2.05) is 42.2 Å². The molecule has 1 atom stereocenters. The Balaban J connectivity index is 1.57. The molecule has 5 nitrogen and oxygen atoms in total. The molecular weight excluding hydrogens is 302 g/mol. The van der Waals surface area contributed by atoms with Crippen molar-refractivity contribution in [2.75, 3.05) is 13.1 Å². The van der Waals surface area contributed by atoms with Crippen molar-refractivity contribution < 1.29 is 9.53 Å². The number of ether oxygens (including phenoxy) is 1. The fraction of sp³-hybridized carbons (Fsp3) is 0.316. The second kappa shape index (κ2) is 7.14. The van der Waals surface area contributed by atoms with E-state index in [4.69, 9.17) is 10.00 Å². The molecule has 2 heterocycles. The van der Waals surface area contributed by atoms with Gasteiger partial charge < -0.3 is 9.64 Å². The number of hydrogen-bond donors (Lipinski definition) is 0. The smallest absolute Gasteiger partial charge is 0.230 e. The Kier molecular flexibility index (Phi) is 4.76. The second-order valence-electron chi connectivity index (χ2n) is 5.85. The van der Waals surface area contributed by atoms with Crippen LogP contribution in [-0.2, 0) is 4.79 Å². The minimum atomic E-state index is -0.104. The van der Waals surface area contributed by atoms with E-state index in [1.165, 1.54) is 0 Å². The number of hydrogen-bond acceptors (Lipinski definition) is 4. The van der Waals surface area contributed by atoms with Crippen LogP contribution in [0.4, 0.5) is 0 Å².